The van der Waals surface area contributed by atoms with E-state index in [0.29, 0.717) is 17.1 Å². The molecule has 0 unspecified atom stereocenters. The molecule has 1 aromatic carbocycles. The minimum atomic E-state index is -0.348. The van der Waals surface area contributed by atoms with Crippen molar-refractivity contribution in [1.82, 2.24) is 5.32 Å². The van der Waals surface area contributed by atoms with Crippen molar-refractivity contribution < 1.29 is 19.1 Å². The Morgan fingerprint density at radius 3 is 2.50 bits per heavy atom. The molecule has 0 heterocycles. The Bertz CT molecular complexity index is 624. The molecule has 0 atom stereocenters. The van der Waals surface area contributed by atoms with E-state index >= 15 is 0 Å². The average Bonchev–Trinajstić information content (AvgIpc) is 3.07. The van der Waals surface area contributed by atoms with Crippen LogP contribution in [0.5, 0.6) is 5.75 Å². The average molecular weight is 333 g/mol. The lowest BCUT2D eigenvalue weighted by atomic mass is 10.1. The summed E-state index contributed by atoms with van der Waals surface area (Å²) >= 11 is 0. The van der Waals surface area contributed by atoms with E-state index in [2.05, 4.69) is 16.0 Å². The Kier molecular flexibility index (Phi) is 6.17. The first-order valence-electron chi connectivity index (χ1n) is 8.03. The number of rotatable bonds is 6. The number of nitrogens with one attached hydrogen (secondary N) is 3. The molecule has 0 aliphatic heterocycles. The Morgan fingerprint density at radius 2 is 1.88 bits per heavy atom. The monoisotopic (exact) mass is 333 g/mol. The van der Waals surface area contributed by atoms with Crippen LogP contribution in [0.2, 0.25) is 0 Å². The van der Waals surface area contributed by atoms with Gasteiger partial charge in [0.25, 0.3) is 0 Å². The molecule has 0 bridgehead atoms. The minimum absolute atomic E-state index is 0.0235. The van der Waals surface area contributed by atoms with Crippen LogP contribution in [-0.4, -0.2) is 31.4 Å². The van der Waals surface area contributed by atoms with Crippen molar-refractivity contribution in [3.63, 3.8) is 0 Å². The highest BCUT2D eigenvalue weighted by atomic mass is 16.5. The standard InChI is InChI=1S/C17H23N3O4/c1-11(21)19-13-7-8-15(24-2)14(9-13)20-16(22)10-18-17(23)12-5-3-4-6-12/h7-9,12H,3-6,10H2,1-2H3,(H,18,23)(H,19,21)(H,20,22). The summed E-state index contributed by atoms with van der Waals surface area (Å²) in [5.74, 6) is -0.127. The Balaban J connectivity index is 1.94. The number of hydrogen-bond acceptors (Lipinski definition) is 4. The Hall–Kier alpha value is -2.57. The van der Waals surface area contributed by atoms with Crippen molar-refractivity contribution in [1.29, 1.82) is 0 Å². The maximum atomic E-state index is 12.1. The van der Waals surface area contributed by atoms with Crippen LogP contribution in [0.15, 0.2) is 18.2 Å². The van der Waals surface area contributed by atoms with E-state index in [4.69, 9.17) is 4.74 Å². The van der Waals surface area contributed by atoms with Gasteiger partial charge in [0.05, 0.1) is 19.3 Å². The zero-order valence-corrected chi connectivity index (χ0v) is 14.0. The maximum absolute atomic E-state index is 12.1. The summed E-state index contributed by atoms with van der Waals surface area (Å²) in [4.78, 5) is 35.1. The maximum Gasteiger partial charge on any atom is 0.243 e. The van der Waals surface area contributed by atoms with Crippen LogP contribution in [-0.2, 0) is 14.4 Å². The van der Waals surface area contributed by atoms with Gasteiger partial charge in [0.1, 0.15) is 5.75 Å². The fourth-order valence-corrected chi connectivity index (χ4v) is 2.78. The van der Waals surface area contributed by atoms with E-state index in [1.165, 1.54) is 14.0 Å². The minimum Gasteiger partial charge on any atom is -0.495 e. The first kappa shape index (κ1) is 17.8. The third kappa shape index (κ3) is 4.97. The van der Waals surface area contributed by atoms with E-state index in [0.717, 1.165) is 25.7 Å². The summed E-state index contributed by atoms with van der Waals surface area (Å²) in [5, 5.41) is 8.00. The van der Waals surface area contributed by atoms with Gasteiger partial charge < -0.3 is 20.7 Å². The molecule has 0 saturated heterocycles. The molecule has 0 spiro atoms. The number of carbonyl (C=O) groups excluding carboxylic acids is 3. The summed E-state index contributed by atoms with van der Waals surface area (Å²) < 4.78 is 5.20. The van der Waals surface area contributed by atoms with Crippen molar-refractivity contribution >= 4 is 29.1 Å². The van der Waals surface area contributed by atoms with Crippen molar-refractivity contribution in [2.75, 3.05) is 24.3 Å². The predicted molar refractivity (Wildman–Crippen MR) is 90.9 cm³/mol. The fourth-order valence-electron chi connectivity index (χ4n) is 2.78. The highest BCUT2D eigenvalue weighted by Crippen LogP contribution is 2.28. The zero-order chi connectivity index (χ0) is 17.5. The Labute approximate surface area is 141 Å². The second-order valence-electron chi connectivity index (χ2n) is 5.84. The molecule has 1 aliphatic carbocycles. The van der Waals surface area contributed by atoms with Crippen LogP contribution >= 0.6 is 0 Å². The molecule has 2 rings (SSSR count). The summed E-state index contributed by atoms with van der Waals surface area (Å²) in [6.45, 7) is 1.31. The molecule has 1 aromatic rings. The smallest absolute Gasteiger partial charge is 0.243 e. The van der Waals surface area contributed by atoms with Gasteiger partial charge in [-0.3, -0.25) is 14.4 Å². The SMILES string of the molecule is COc1ccc(NC(C)=O)cc1NC(=O)CNC(=O)C1CCCC1. The lowest BCUT2D eigenvalue weighted by Gasteiger charge is -2.13. The van der Waals surface area contributed by atoms with E-state index in [9.17, 15) is 14.4 Å². The van der Waals surface area contributed by atoms with Gasteiger partial charge in [-0.05, 0) is 31.0 Å². The number of amides is 3. The summed E-state index contributed by atoms with van der Waals surface area (Å²) in [7, 11) is 1.49. The molecule has 7 nitrogen and oxygen atoms in total. The third-order valence-electron chi connectivity index (χ3n) is 3.94. The number of hydrogen-bond donors (Lipinski definition) is 3. The van der Waals surface area contributed by atoms with Crippen molar-refractivity contribution in [3.8, 4) is 5.75 Å². The molecule has 130 valence electrons. The highest BCUT2D eigenvalue weighted by molar-refractivity contribution is 5.97. The van der Waals surface area contributed by atoms with Gasteiger partial charge in [0, 0.05) is 18.5 Å². The highest BCUT2D eigenvalue weighted by Gasteiger charge is 2.22. The van der Waals surface area contributed by atoms with Crippen LogP contribution in [0, 0.1) is 5.92 Å². The number of carbonyl (C=O) groups is 3. The molecule has 1 aliphatic rings. The van der Waals surface area contributed by atoms with Gasteiger partial charge >= 0.3 is 0 Å². The molecular formula is C17H23N3O4. The summed E-state index contributed by atoms with van der Waals surface area (Å²) in [6.07, 6.45) is 3.91. The molecule has 0 aromatic heterocycles. The topological polar surface area (TPSA) is 96.5 Å². The number of methoxy groups -OCH3 is 1. The predicted octanol–water partition coefficient (Wildman–Crippen LogP) is 1.90. The van der Waals surface area contributed by atoms with E-state index in [1.54, 1.807) is 18.2 Å². The van der Waals surface area contributed by atoms with Gasteiger partial charge in [0.2, 0.25) is 17.7 Å². The van der Waals surface area contributed by atoms with E-state index < -0.39 is 0 Å². The van der Waals surface area contributed by atoms with Crippen molar-refractivity contribution in [2.24, 2.45) is 5.92 Å². The van der Waals surface area contributed by atoms with Crippen LogP contribution in [0.4, 0.5) is 11.4 Å². The van der Waals surface area contributed by atoms with Crippen molar-refractivity contribution in [3.05, 3.63) is 18.2 Å². The number of benzene rings is 1. The van der Waals surface area contributed by atoms with E-state index in [1.807, 2.05) is 0 Å². The lowest BCUT2D eigenvalue weighted by Crippen LogP contribution is -2.36. The van der Waals surface area contributed by atoms with Gasteiger partial charge in [-0.15, -0.1) is 0 Å². The first-order valence-corrected chi connectivity index (χ1v) is 8.03. The lowest BCUT2D eigenvalue weighted by molar-refractivity contribution is -0.127. The summed E-state index contributed by atoms with van der Waals surface area (Å²) in [5.41, 5.74) is 0.984. The first-order chi connectivity index (χ1) is 11.5. The van der Waals surface area contributed by atoms with Gasteiger partial charge in [-0.2, -0.15) is 0 Å². The van der Waals surface area contributed by atoms with Crippen molar-refractivity contribution in [2.45, 2.75) is 32.6 Å². The van der Waals surface area contributed by atoms with Gasteiger partial charge in [0.15, 0.2) is 0 Å². The van der Waals surface area contributed by atoms with Gasteiger partial charge in [-0.25, -0.2) is 0 Å². The Morgan fingerprint density at radius 1 is 1.17 bits per heavy atom. The second kappa shape index (κ2) is 8.33. The van der Waals surface area contributed by atoms with Crippen LogP contribution in [0.25, 0.3) is 0 Å². The van der Waals surface area contributed by atoms with E-state index in [-0.39, 0.29) is 30.2 Å². The zero-order valence-electron chi connectivity index (χ0n) is 14.0. The van der Waals surface area contributed by atoms with Crippen LogP contribution in [0.3, 0.4) is 0 Å². The molecular weight excluding hydrogens is 310 g/mol. The largest absolute Gasteiger partial charge is 0.495 e. The molecule has 1 saturated carbocycles. The molecule has 3 amide bonds. The normalized spacial score (nSPS) is 14.1. The molecule has 0 radical (unpaired) electrons. The number of anilines is 2. The molecule has 24 heavy (non-hydrogen) atoms. The fraction of sp³-hybridized carbons (Fsp3) is 0.471. The summed E-state index contributed by atoms with van der Waals surface area (Å²) in [6, 6.07) is 4.94. The molecule has 7 heteroatoms. The number of ether oxygens (including phenoxy) is 1. The molecule has 1 fully saturated rings. The third-order valence-corrected chi connectivity index (χ3v) is 3.94. The molecule has 3 N–H and O–H groups in total. The van der Waals surface area contributed by atoms with Crippen LogP contribution in [0.1, 0.15) is 32.6 Å². The quantitative estimate of drug-likeness (QED) is 0.741. The van der Waals surface area contributed by atoms with Crippen LogP contribution < -0.4 is 20.7 Å². The van der Waals surface area contributed by atoms with Gasteiger partial charge in [-0.1, -0.05) is 12.8 Å². The second-order valence-corrected chi connectivity index (χ2v) is 5.84.